The highest BCUT2D eigenvalue weighted by atomic mass is 35.5. The molecular weight excluding hydrogens is 240 g/mol. The summed E-state index contributed by atoms with van der Waals surface area (Å²) >= 11 is 5.96. The number of anilines is 1. The van der Waals surface area contributed by atoms with Crippen LogP contribution in [0.25, 0.3) is 0 Å². The third kappa shape index (κ3) is 2.13. The molecule has 0 aliphatic carbocycles. The molecule has 1 unspecified atom stereocenters. The first-order valence-corrected chi connectivity index (χ1v) is 5.82. The number of carbonyl (C=O) groups excluding carboxylic acids is 2. The van der Waals surface area contributed by atoms with Crippen LogP contribution in [0.4, 0.5) is 5.69 Å². The number of aldehydes is 1. The molecule has 1 aromatic rings. The van der Waals surface area contributed by atoms with Crippen LogP contribution in [0.2, 0.25) is 5.02 Å². The van der Waals surface area contributed by atoms with Crippen molar-refractivity contribution >= 4 is 29.5 Å². The van der Waals surface area contributed by atoms with Gasteiger partial charge in [-0.2, -0.15) is 0 Å². The van der Waals surface area contributed by atoms with Crippen LogP contribution in [0.3, 0.4) is 0 Å². The van der Waals surface area contributed by atoms with Crippen molar-refractivity contribution in [2.75, 3.05) is 11.4 Å². The Morgan fingerprint density at radius 1 is 1.53 bits per heavy atom. The highest BCUT2D eigenvalue weighted by Crippen LogP contribution is 2.31. The van der Waals surface area contributed by atoms with E-state index >= 15 is 0 Å². The smallest absolute Gasteiger partial charge is 0.240 e. The molecule has 1 aromatic carbocycles. The van der Waals surface area contributed by atoms with Crippen molar-refractivity contribution < 1.29 is 9.59 Å². The standard InChI is InChI=1S/C12H13ClN2O2/c13-9-3-1-4-10(8(9)7-16)15-6-2-5-11(15)12(14)17/h1,3-4,7,11H,2,5-6H2,(H2,14,17). The summed E-state index contributed by atoms with van der Waals surface area (Å²) in [6.45, 7) is 0.717. The molecule has 2 rings (SSSR count). The predicted octanol–water partition coefficient (Wildman–Crippen LogP) is 1.61. The van der Waals surface area contributed by atoms with Gasteiger partial charge in [0.15, 0.2) is 6.29 Å². The van der Waals surface area contributed by atoms with Gasteiger partial charge in [0.1, 0.15) is 6.04 Å². The largest absolute Gasteiger partial charge is 0.368 e. The van der Waals surface area contributed by atoms with Crippen molar-refractivity contribution in [2.45, 2.75) is 18.9 Å². The fourth-order valence-corrected chi connectivity index (χ4v) is 2.46. The maximum Gasteiger partial charge on any atom is 0.240 e. The van der Waals surface area contributed by atoms with Gasteiger partial charge in [-0.25, -0.2) is 0 Å². The van der Waals surface area contributed by atoms with E-state index in [-0.39, 0.29) is 11.9 Å². The summed E-state index contributed by atoms with van der Waals surface area (Å²) in [4.78, 5) is 24.2. The van der Waals surface area contributed by atoms with E-state index in [9.17, 15) is 9.59 Å². The number of carbonyl (C=O) groups is 2. The highest BCUT2D eigenvalue weighted by Gasteiger charge is 2.30. The van der Waals surface area contributed by atoms with Gasteiger partial charge in [-0.3, -0.25) is 9.59 Å². The summed E-state index contributed by atoms with van der Waals surface area (Å²) in [5.74, 6) is -0.362. The average molecular weight is 253 g/mol. The molecule has 1 saturated heterocycles. The van der Waals surface area contributed by atoms with E-state index in [0.717, 1.165) is 19.4 Å². The van der Waals surface area contributed by atoms with Crippen molar-refractivity contribution in [1.82, 2.24) is 0 Å². The van der Waals surface area contributed by atoms with Crippen LogP contribution in [0.1, 0.15) is 23.2 Å². The van der Waals surface area contributed by atoms with E-state index in [1.807, 2.05) is 4.90 Å². The zero-order valence-corrected chi connectivity index (χ0v) is 9.98. The molecule has 0 spiro atoms. The number of primary amides is 1. The van der Waals surface area contributed by atoms with Gasteiger partial charge in [-0.15, -0.1) is 0 Å². The molecule has 1 aliphatic rings. The maximum absolute atomic E-state index is 11.3. The van der Waals surface area contributed by atoms with E-state index in [2.05, 4.69) is 0 Å². The number of benzene rings is 1. The number of hydrogen-bond donors (Lipinski definition) is 1. The normalized spacial score (nSPS) is 19.4. The maximum atomic E-state index is 11.3. The molecule has 17 heavy (non-hydrogen) atoms. The number of halogens is 1. The van der Waals surface area contributed by atoms with Crippen LogP contribution < -0.4 is 10.6 Å². The Kier molecular flexibility index (Phi) is 3.33. The molecular formula is C12H13ClN2O2. The topological polar surface area (TPSA) is 63.4 Å². The number of amides is 1. The van der Waals surface area contributed by atoms with Gasteiger partial charge in [-0.1, -0.05) is 17.7 Å². The third-order valence-corrected chi connectivity index (χ3v) is 3.37. The molecule has 1 amide bonds. The van der Waals surface area contributed by atoms with Crippen LogP contribution in [0.15, 0.2) is 18.2 Å². The van der Waals surface area contributed by atoms with Crippen LogP contribution in [0.5, 0.6) is 0 Å². The summed E-state index contributed by atoms with van der Waals surface area (Å²) in [7, 11) is 0. The fourth-order valence-electron chi connectivity index (χ4n) is 2.24. The molecule has 1 heterocycles. The molecule has 5 heteroatoms. The monoisotopic (exact) mass is 252 g/mol. The summed E-state index contributed by atoms with van der Waals surface area (Å²) in [6.07, 6.45) is 2.33. The van der Waals surface area contributed by atoms with Gasteiger partial charge >= 0.3 is 0 Å². The molecule has 0 bridgehead atoms. The van der Waals surface area contributed by atoms with Crippen LogP contribution in [0, 0.1) is 0 Å². The average Bonchev–Trinajstić information content (AvgIpc) is 2.77. The van der Waals surface area contributed by atoms with Gasteiger partial charge in [-0.05, 0) is 25.0 Å². The molecule has 90 valence electrons. The predicted molar refractivity (Wildman–Crippen MR) is 66.4 cm³/mol. The Hall–Kier alpha value is -1.55. The van der Waals surface area contributed by atoms with Crippen molar-refractivity contribution in [3.63, 3.8) is 0 Å². The molecule has 1 aliphatic heterocycles. The van der Waals surface area contributed by atoms with Gasteiger partial charge in [0, 0.05) is 12.2 Å². The minimum atomic E-state index is -0.362. The SMILES string of the molecule is NC(=O)C1CCCN1c1cccc(Cl)c1C=O. The van der Waals surface area contributed by atoms with Gasteiger partial charge in [0.05, 0.1) is 10.6 Å². The lowest BCUT2D eigenvalue weighted by atomic mass is 10.1. The first-order chi connectivity index (χ1) is 8.15. The molecule has 4 nitrogen and oxygen atoms in total. The third-order valence-electron chi connectivity index (χ3n) is 3.04. The van der Waals surface area contributed by atoms with Crippen molar-refractivity contribution in [3.05, 3.63) is 28.8 Å². The van der Waals surface area contributed by atoms with Crippen LogP contribution in [-0.2, 0) is 4.79 Å². The minimum absolute atomic E-state index is 0.341. The Balaban J connectivity index is 2.43. The second kappa shape index (κ2) is 4.75. The van der Waals surface area contributed by atoms with E-state index in [1.165, 1.54) is 0 Å². The van der Waals surface area contributed by atoms with Gasteiger partial charge < -0.3 is 10.6 Å². The summed E-state index contributed by atoms with van der Waals surface area (Å²) in [5, 5.41) is 0.396. The number of hydrogen-bond acceptors (Lipinski definition) is 3. The molecule has 0 aromatic heterocycles. The van der Waals surface area contributed by atoms with E-state index in [1.54, 1.807) is 18.2 Å². The zero-order valence-electron chi connectivity index (χ0n) is 9.23. The zero-order chi connectivity index (χ0) is 12.4. The van der Waals surface area contributed by atoms with Gasteiger partial charge in [0.2, 0.25) is 5.91 Å². The minimum Gasteiger partial charge on any atom is -0.368 e. The second-order valence-corrected chi connectivity index (χ2v) is 4.45. The first kappa shape index (κ1) is 11.9. The lowest BCUT2D eigenvalue weighted by Crippen LogP contribution is -2.40. The summed E-state index contributed by atoms with van der Waals surface area (Å²) in [6, 6.07) is 4.87. The molecule has 2 N–H and O–H groups in total. The van der Waals surface area contributed by atoms with Crippen molar-refractivity contribution in [2.24, 2.45) is 5.73 Å². The molecule has 1 atom stereocenters. The first-order valence-electron chi connectivity index (χ1n) is 5.45. The molecule has 0 radical (unpaired) electrons. The van der Waals surface area contributed by atoms with E-state index in [4.69, 9.17) is 17.3 Å². The van der Waals surface area contributed by atoms with E-state index in [0.29, 0.717) is 22.6 Å². The Bertz CT molecular complexity index is 462. The molecule has 0 saturated carbocycles. The quantitative estimate of drug-likeness (QED) is 0.832. The number of rotatable bonds is 3. The fraction of sp³-hybridized carbons (Fsp3) is 0.333. The van der Waals surface area contributed by atoms with Crippen molar-refractivity contribution in [1.29, 1.82) is 0 Å². The summed E-state index contributed by atoms with van der Waals surface area (Å²) in [5.41, 5.74) is 6.46. The lowest BCUT2D eigenvalue weighted by Gasteiger charge is -2.25. The number of nitrogens with zero attached hydrogens (tertiary/aromatic N) is 1. The Labute approximate surface area is 104 Å². The second-order valence-electron chi connectivity index (χ2n) is 4.04. The number of nitrogens with two attached hydrogens (primary N) is 1. The summed E-state index contributed by atoms with van der Waals surface area (Å²) < 4.78 is 0. The Morgan fingerprint density at radius 2 is 2.29 bits per heavy atom. The van der Waals surface area contributed by atoms with Crippen molar-refractivity contribution in [3.8, 4) is 0 Å². The highest BCUT2D eigenvalue weighted by molar-refractivity contribution is 6.33. The van der Waals surface area contributed by atoms with E-state index < -0.39 is 0 Å². The van der Waals surface area contributed by atoms with Crippen LogP contribution >= 0.6 is 11.6 Å². The Morgan fingerprint density at radius 3 is 2.94 bits per heavy atom. The lowest BCUT2D eigenvalue weighted by molar-refractivity contribution is -0.119. The molecule has 1 fully saturated rings. The van der Waals surface area contributed by atoms with Crippen LogP contribution in [-0.4, -0.2) is 24.8 Å². The van der Waals surface area contributed by atoms with Gasteiger partial charge in [0.25, 0.3) is 0 Å².